The zero-order valence-electron chi connectivity index (χ0n) is 7.73. The Kier molecular flexibility index (Phi) is 2.36. The van der Waals surface area contributed by atoms with Crippen molar-refractivity contribution >= 4 is 5.97 Å². The molecule has 1 fully saturated rings. The van der Waals surface area contributed by atoms with Crippen LogP contribution in [0.15, 0.2) is 12.2 Å². The van der Waals surface area contributed by atoms with Crippen LogP contribution in [0.25, 0.3) is 0 Å². The lowest BCUT2D eigenvalue weighted by Crippen LogP contribution is -2.43. The van der Waals surface area contributed by atoms with Gasteiger partial charge >= 0.3 is 5.97 Å². The number of carbonyl (C=O) groups excluding carboxylic acids is 1. The highest BCUT2D eigenvalue weighted by atomic mass is 16.6. The lowest BCUT2D eigenvalue weighted by Gasteiger charge is -2.36. The van der Waals surface area contributed by atoms with Gasteiger partial charge in [-0.2, -0.15) is 0 Å². The minimum Gasteiger partial charge on any atom is -0.456 e. The molecule has 0 amide bonds. The Morgan fingerprint density at radius 1 is 1.54 bits per heavy atom. The van der Waals surface area contributed by atoms with Crippen LogP contribution in [-0.2, 0) is 14.3 Å². The van der Waals surface area contributed by atoms with Gasteiger partial charge in [-0.05, 0) is 19.3 Å². The topological polar surface area (TPSA) is 35.5 Å². The molecular formula is C10H14O3. The van der Waals surface area contributed by atoms with Crippen LogP contribution in [-0.4, -0.2) is 25.3 Å². The van der Waals surface area contributed by atoms with E-state index in [2.05, 4.69) is 0 Å². The monoisotopic (exact) mass is 182 g/mol. The van der Waals surface area contributed by atoms with E-state index in [-0.39, 0.29) is 18.2 Å². The Morgan fingerprint density at radius 2 is 2.38 bits per heavy atom. The van der Waals surface area contributed by atoms with Crippen molar-refractivity contribution in [1.29, 1.82) is 0 Å². The molecule has 0 aromatic rings. The second-order valence-electron chi connectivity index (χ2n) is 3.63. The Morgan fingerprint density at radius 3 is 3.15 bits per heavy atom. The van der Waals surface area contributed by atoms with Crippen LogP contribution in [0.2, 0.25) is 0 Å². The van der Waals surface area contributed by atoms with E-state index in [4.69, 9.17) is 9.47 Å². The van der Waals surface area contributed by atoms with E-state index >= 15 is 0 Å². The van der Waals surface area contributed by atoms with E-state index < -0.39 is 0 Å². The highest BCUT2D eigenvalue weighted by molar-refractivity contribution is 5.83. The van der Waals surface area contributed by atoms with Crippen molar-refractivity contribution < 1.29 is 14.3 Å². The minimum absolute atomic E-state index is 0.0451. The Balaban J connectivity index is 2.13. The first-order chi connectivity index (χ1) is 6.31. The second-order valence-corrected chi connectivity index (χ2v) is 3.63. The van der Waals surface area contributed by atoms with Gasteiger partial charge in [-0.25, -0.2) is 4.79 Å². The van der Waals surface area contributed by atoms with Gasteiger partial charge in [0.1, 0.15) is 6.10 Å². The fraction of sp³-hybridized carbons (Fsp3) is 0.700. The van der Waals surface area contributed by atoms with Gasteiger partial charge in [0.25, 0.3) is 0 Å². The third-order valence-electron chi connectivity index (χ3n) is 2.85. The summed E-state index contributed by atoms with van der Waals surface area (Å²) in [7, 11) is 1.68. The maximum Gasteiger partial charge on any atom is 0.330 e. The van der Waals surface area contributed by atoms with E-state index in [1.807, 2.05) is 6.08 Å². The predicted molar refractivity (Wildman–Crippen MR) is 47.2 cm³/mol. The SMILES string of the molecule is CO[C@@H]1CCC[C@@H]2C=CC(=O)O[C@@H]21. The Labute approximate surface area is 77.7 Å². The molecule has 1 aliphatic heterocycles. The van der Waals surface area contributed by atoms with E-state index in [9.17, 15) is 4.79 Å². The average molecular weight is 182 g/mol. The molecule has 0 radical (unpaired) electrons. The molecule has 72 valence electrons. The van der Waals surface area contributed by atoms with Gasteiger partial charge in [-0.15, -0.1) is 0 Å². The molecule has 0 unspecified atom stereocenters. The fourth-order valence-corrected chi connectivity index (χ4v) is 2.16. The van der Waals surface area contributed by atoms with E-state index in [0.717, 1.165) is 19.3 Å². The number of rotatable bonds is 1. The molecule has 0 N–H and O–H groups in total. The molecule has 0 aromatic heterocycles. The quantitative estimate of drug-likeness (QED) is 0.573. The lowest BCUT2D eigenvalue weighted by atomic mass is 9.83. The average Bonchev–Trinajstić information content (AvgIpc) is 2.17. The molecule has 13 heavy (non-hydrogen) atoms. The van der Waals surface area contributed by atoms with Gasteiger partial charge in [-0.3, -0.25) is 0 Å². The smallest absolute Gasteiger partial charge is 0.330 e. The fourth-order valence-electron chi connectivity index (χ4n) is 2.16. The van der Waals surface area contributed by atoms with Crippen LogP contribution in [0, 0.1) is 5.92 Å². The number of hydrogen-bond donors (Lipinski definition) is 0. The predicted octanol–water partition coefficient (Wildman–Crippen LogP) is 1.28. The highest BCUT2D eigenvalue weighted by Crippen LogP contribution is 2.32. The molecule has 1 saturated carbocycles. The van der Waals surface area contributed by atoms with Crippen LogP contribution >= 0.6 is 0 Å². The maximum atomic E-state index is 11.0. The molecule has 3 heteroatoms. The normalized spacial score (nSPS) is 38.2. The van der Waals surface area contributed by atoms with E-state index in [1.54, 1.807) is 7.11 Å². The van der Waals surface area contributed by atoms with Crippen LogP contribution in [0.5, 0.6) is 0 Å². The molecule has 2 rings (SSSR count). The molecule has 1 aliphatic carbocycles. The van der Waals surface area contributed by atoms with Crippen molar-refractivity contribution in [3.8, 4) is 0 Å². The van der Waals surface area contributed by atoms with Crippen molar-refractivity contribution in [1.82, 2.24) is 0 Å². The van der Waals surface area contributed by atoms with Crippen molar-refractivity contribution in [2.24, 2.45) is 5.92 Å². The van der Waals surface area contributed by atoms with Gasteiger partial charge in [-0.1, -0.05) is 6.08 Å². The molecular weight excluding hydrogens is 168 g/mol. The third-order valence-corrected chi connectivity index (χ3v) is 2.85. The van der Waals surface area contributed by atoms with Crippen molar-refractivity contribution in [2.45, 2.75) is 31.5 Å². The summed E-state index contributed by atoms with van der Waals surface area (Å²) in [6, 6.07) is 0. The summed E-state index contributed by atoms with van der Waals surface area (Å²) >= 11 is 0. The number of methoxy groups -OCH3 is 1. The first-order valence-corrected chi connectivity index (χ1v) is 4.73. The number of ether oxygens (including phenoxy) is 2. The van der Waals surface area contributed by atoms with Crippen molar-refractivity contribution in [3.63, 3.8) is 0 Å². The molecule has 0 spiro atoms. The summed E-state index contributed by atoms with van der Waals surface area (Å²) in [6.45, 7) is 0. The highest BCUT2D eigenvalue weighted by Gasteiger charge is 2.36. The number of carbonyl (C=O) groups is 1. The van der Waals surface area contributed by atoms with Gasteiger partial charge < -0.3 is 9.47 Å². The molecule has 3 nitrogen and oxygen atoms in total. The van der Waals surface area contributed by atoms with Crippen LogP contribution < -0.4 is 0 Å². The largest absolute Gasteiger partial charge is 0.456 e. The summed E-state index contributed by atoms with van der Waals surface area (Å²) in [5.74, 6) is 0.140. The molecule has 1 heterocycles. The van der Waals surface area contributed by atoms with Crippen molar-refractivity contribution in [3.05, 3.63) is 12.2 Å². The summed E-state index contributed by atoms with van der Waals surface area (Å²) in [4.78, 5) is 11.0. The summed E-state index contributed by atoms with van der Waals surface area (Å²) in [6.07, 6.45) is 6.79. The van der Waals surface area contributed by atoms with E-state index in [1.165, 1.54) is 6.08 Å². The third kappa shape index (κ3) is 1.61. The molecule has 3 atom stereocenters. The number of esters is 1. The summed E-state index contributed by atoms with van der Waals surface area (Å²) in [5.41, 5.74) is 0. The Bertz CT molecular complexity index is 234. The number of hydrogen-bond acceptors (Lipinski definition) is 3. The summed E-state index contributed by atoms with van der Waals surface area (Å²) in [5, 5.41) is 0. The van der Waals surface area contributed by atoms with E-state index in [0.29, 0.717) is 5.92 Å². The first-order valence-electron chi connectivity index (χ1n) is 4.73. The molecule has 2 aliphatic rings. The maximum absolute atomic E-state index is 11.0. The van der Waals surface area contributed by atoms with Crippen molar-refractivity contribution in [2.75, 3.05) is 7.11 Å². The first kappa shape index (κ1) is 8.75. The van der Waals surface area contributed by atoms with Gasteiger partial charge in [0, 0.05) is 19.1 Å². The standard InChI is InChI=1S/C10H14O3/c1-12-8-4-2-3-7-5-6-9(11)13-10(7)8/h5-8,10H,2-4H2,1H3/t7-,8-,10+/m1/s1. The minimum atomic E-state index is -0.231. The lowest BCUT2D eigenvalue weighted by molar-refractivity contribution is -0.159. The summed E-state index contributed by atoms with van der Waals surface area (Å²) < 4.78 is 10.5. The molecule has 0 aromatic carbocycles. The van der Waals surface area contributed by atoms with Gasteiger partial charge in [0.05, 0.1) is 6.10 Å². The second kappa shape index (κ2) is 3.50. The van der Waals surface area contributed by atoms with Crippen LogP contribution in [0.1, 0.15) is 19.3 Å². The van der Waals surface area contributed by atoms with Crippen LogP contribution in [0.3, 0.4) is 0 Å². The van der Waals surface area contributed by atoms with Crippen LogP contribution in [0.4, 0.5) is 0 Å². The van der Waals surface area contributed by atoms with Gasteiger partial charge in [0.2, 0.25) is 0 Å². The zero-order chi connectivity index (χ0) is 9.26. The van der Waals surface area contributed by atoms with Gasteiger partial charge in [0.15, 0.2) is 0 Å². The Hall–Kier alpha value is -0.830. The molecule has 0 saturated heterocycles. The molecule has 0 bridgehead atoms. The zero-order valence-corrected chi connectivity index (χ0v) is 7.73. The number of fused-ring (bicyclic) bond motifs is 1.